The van der Waals surface area contributed by atoms with E-state index in [-0.39, 0.29) is 24.3 Å². The van der Waals surface area contributed by atoms with Crippen molar-refractivity contribution >= 4 is 29.2 Å². The van der Waals surface area contributed by atoms with Gasteiger partial charge in [-0.2, -0.15) is 0 Å². The lowest BCUT2D eigenvalue weighted by molar-refractivity contribution is -0.151. The first-order valence-electron chi connectivity index (χ1n) is 12.9. The monoisotopic (exact) mass is 546 g/mol. The summed E-state index contributed by atoms with van der Waals surface area (Å²) in [6, 6.07) is 20.0. The van der Waals surface area contributed by atoms with Crippen molar-refractivity contribution in [2.75, 3.05) is 37.6 Å². The van der Waals surface area contributed by atoms with Gasteiger partial charge in [-0.25, -0.2) is 0 Å². The maximum atomic E-state index is 12.7. The summed E-state index contributed by atoms with van der Waals surface area (Å²) in [5.74, 6) is 0.335. The summed E-state index contributed by atoms with van der Waals surface area (Å²) >= 11 is 0. The number of esters is 1. The number of carbonyl (C=O) groups excluding carboxylic acids is 3. The molecule has 1 atom stereocenters. The Kier molecular flexibility index (Phi) is 8.62. The van der Waals surface area contributed by atoms with Gasteiger partial charge in [0.1, 0.15) is 23.0 Å². The van der Waals surface area contributed by atoms with Gasteiger partial charge in [0, 0.05) is 24.7 Å². The number of anilines is 2. The highest BCUT2D eigenvalue weighted by molar-refractivity contribution is 6.00. The molecule has 1 fully saturated rings. The first kappa shape index (κ1) is 28.5. The van der Waals surface area contributed by atoms with Crippen molar-refractivity contribution in [3.05, 3.63) is 72.3 Å². The minimum Gasteiger partial charge on any atom is -0.497 e. The van der Waals surface area contributed by atoms with E-state index in [1.165, 1.54) is 24.7 Å². The van der Waals surface area contributed by atoms with E-state index in [0.29, 0.717) is 28.6 Å². The molecule has 1 saturated heterocycles. The lowest BCUT2D eigenvalue weighted by atomic mass is 9.87. The summed E-state index contributed by atoms with van der Waals surface area (Å²) in [6.45, 7) is 6.15. The van der Waals surface area contributed by atoms with E-state index in [1.807, 2.05) is 24.3 Å². The zero-order chi connectivity index (χ0) is 28.9. The van der Waals surface area contributed by atoms with Gasteiger partial charge in [-0.1, -0.05) is 32.9 Å². The number of amides is 2. The first-order chi connectivity index (χ1) is 19.1. The van der Waals surface area contributed by atoms with Crippen LogP contribution in [0.15, 0.2) is 66.7 Å². The lowest BCUT2D eigenvalue weighted by Gasteiger charge is -2.19. The highest BCUT2D eigenvalue weighted by Crippen LogP contribution is 2.31. The second kappa shape index (κ2) is 12.1. The van der Waals surface area contributed by atoms with Crippen molar-refractivity contribution in [1.29, 1.82) is 0 Å². The smallest absolute Gasteiger partial charge is 0.311 e. The van der Waals surface area contributed by atoms with E-state index in [2.05, 4.69) is 26.1 Å². The highest BCUT2D eigenvalue weighted by atomic mass is 16.5. The zero-order valence-corrected chi connectivity index (χ0v) is 23.4. The summed E-state index contributed by atoms with van der Waals surface area (Å²) < 4.78 is 21.6. The Bertz CT molecular complexity index is 1360. The molecule has 210 valence electrons. The predicted octanol–water partition coefficient (Wildman–Crippen LogP) is 5.33. The average Bonchev–Trinajstić information content (AvgIpc) is 3.33. The molecule has 3 aromatic rings. The Morgan fingerprint density at radius 1 is 0.900 bits per heavy atom. The number of hydrogen-bond acceptors (Lipinski definition) is 7. The number of benzene rings is 3. The third-order valence-electron chi connectivity index (χ3n) is 6.59. The van der Waals surface area contributed by atoms with Gasteiger partial charge in [0.2, 0.25) is 5.91 Å². The maximum absolute atomic E-state index is 12.7. The topological polar surface area (TPSA) is 103 Å². The van der Waals surface area contributed by atoms with Gasteiger partial charge >= 0.3 is 5.97 Å². The molecule has 1 aliphatic rings. The van der Waals surface area contributed by atoms with Gasteiger partial charge in [-0.3, -0.25) is 14.4 Å². The summed E-state index contributed by atoms with van der Waals surface area (Å²) in [4.78, 5) is 39.2. The molecule has 0 aromatic heterocycles. The van der Waals surface area contributed by atoms with Gasteiger partial charge in [0.15, 0.2) is 6.61 Å². The Morgan fingerprint density at radius 3 is 2.12 bits per heavy atom. The second-order valence-electron chi connectivity index (χ2n) is 10.5. The van der Waals surface area contributed by atoms with Crippen molar-refractivity contribution in [3.63, 3.8) is 0 Å². The number of nitrogens with one attached hydrogen (secondary N) is 1. The predicted molar refractivity (Wildman–Crippen MR) is 151 cm³/mol. The Labute approximate surface area is 234 Å². The molecule has 0 saturated carbocycles. The van der Waals surface area contributed by atoms with Gasteiger partial charge < -0.3 is 29.2 Å². The van der Waals surface area contributed by atoms with Gasteiger partial charge in [0.05, 0.1) is 25.8 Å². The molecule has 0 radical (unpaired) electrons. The molecule has 2 amide bonds. The molecular weight excluding hydrogens is 512 g/mol. The number of nitrogens with zero attached hydrogens (tertiary/aromatic N) is 1. The van der Waals surface area contributed by atoms with Crippen LogP contribution in [0.4, 0.5) is 11.4 Å². The number of ether oxygens (including phenoxy) is 4. The summed E-state index contributed by atoms with van der Waals surface area (Å²) in [7, 11) is 3.00. The standard InChI is InChI=1S/C31H34N2O7/c1-31(2,3)21-6-10-23(11-7-21)40-24-12-8-22(9-13-24)33-18-20(16-29(33)35)30(36)39-19-28(34)32-26-15-14-25(37-4)17-27(26)38-5/h6-15,17,20H,16,18-19H2,1-5H3,(H,32,34)/t20-/m0/s1. The number of hydrogen-bond donors (Lipinski definition) is 1. The fourth-order valence-corrected chi connectivity index (χ4v) is 4.31. The first-order valence-corrected chi connectivity index (χ1v) is 12.9. The fraction of sp³-hybridized carbons (Fsp3) is 0.323. The molecular formula is C31H34N2O7. The van der Waals surface area contributed by atoms with E-state index in [4.69, 9.17) is 18.9 Å². The highest BCUT2D eigenvalue weighted by Gasteiger charge is 2.36. The van der Waals surface area contributed by atoms with Crippen LogP contribution in [-0.4, -0.2) is 45.2 Å². The maximum Gasteiger partial charge on any atom is 0.311 e. The van der Waals surface area contributed by atoms with E-state index < -0.39 is 24.4 Å². The number of carbonyl (C=O) groups is 3. The third-order valence-corrected chi connectivity index (χ3v) is 6.59. The van der Waals surface area contributed by atoms with Crippen LogP contribution in [0.1, 0.15) is 32.8 Å². The molecule has 1 N–H and O–H groups in total. The minimum atomic E-state index is -0.673. The van der Waals surface area contributed by atoms with E-state index in [1.54, 1.807) is 42.5 Å². The van der Waals surface area contributed by atoms with Crippen molar-refractivity contribution in [2.24, 2.45) is 5.92 Å². The molecule has 1 aliphatic heterocycles. The van der Waals surface area contributed by atoms with E-state index in [9.17, 15) is 14.4 Å². The van der Waals surface area contributed by atoms with E-state index in [0.717, 1.165) is 5.75 Å². The second-order valence-corrected chi connectivity index (χ2v) is 10.5. The van der Waals surface area contributed by atoms with Crippen LogP contribution in [0.3, 0.4) is 0 Å². The van der Waals surface area contributed by atoms with Crippen molar-refractivity contribution in [2.45, 2.75) is 32.6 Å². The Hall–Kier alpha value is -4.53. The molecule has 0 bridgehead atoms. The summed E-state index contributed by atoms with van der Waals surface area (Å²) in [6.07, 6.45) is 0.00509. The molecule has 40 heavy (non-hydrogen) atoms. The minimum absolute atomic E-state index is 0.00509. The number of methoxy groups -OCH3 is 2. The van der Waals surface area contributed by atoms with Crippen LogP contribution in [0.2, 0.25) is 0 Å². The van der Waals surface area contributed by atoms with Gasteiger partial charge in [-0.05, 0) is 59.5 Å². The molecule has 0 unspecified atom stereocenters. The Balaban J connectivity index is 1.29. The zero-order valence-electron chi connectivity index (χ0n) is 23.4. The molecule has 3 aromatic carbocycles. The van der Waals surface area contributed by atoms with Crippen LogP contribution in [0.5, 0.6) is 23.0 Å². The van der Waals surface area contributed by atoms with E-state index >= 15 is 0 Å². The summed E-state index contributed by atoms with van der Waals surface area (Å²) in [5, 5.41) is 2.65. The van der Waals surface area contributed by atoms with Crippen LogP contribution in [-0.2, 0) is 24.5 Å². The average molecular weight is 547 g/mol. The number of rotatable bonds is 9. The lowest BCUT2D eigenvalue weighted by Crippen LogP contribution is -2.28. The molecule has 4 rings (SSSR count). The molecule has 9 nitrogen and oxygen atoms in total. The fourth-order valence-electron chi connectivity index (χ4n) is 4.31. The third kappa shape index (κ3) is 6.91. The van der Waals surface area contributed by atoms with Crippen molar-refractivity contribution in [3.8, 4) is 23.0 Å². The Morgan fingerprint density at radius 2 is 1.52 bits per heavy atom. The SMILES string of the molecule is COc1ccc(NC(=O)COC(=O)[C@H]2CC(=O)N(c3ccc(Oc4ccc(C(C)(C)C)cc4)cc3)C2)c(OC)c1. The molecule has 1 heterocycles. The summed E-state index contributed by atoms with van der Waals surface area (Å²) in [5.41, 5.74) is 2.35. The van der Waals surface area contributed by atoms with Crippen LogP contribution in [0.25, 0.3) is 0 Å². The van der Waals surface area contributed by atoms with Crippen molar-refractivity contribution < 1.29 is 33.3 Å². The quantitative estimate of drug-likeness (QED) is 0.362. The van der Waals surface area contributed by atoms with Crippen molar-refractivity contribution in [1.82, 2.24) is 0 Å². The van der Waals surface area contributed by atoms with Crippen LogP contribution >= 0.6 is 0 Å². The molecule has 0 aliphatic carbocycles. The van der Waals surface area contributed by atoms with Crippen LogP contribution in [0, 0.1) is 5.92 Å². The normalized spacial score (nSPS) is 15.0. The van der Waals surface area contributed by atoms with Crippen LogP contribution < -0.4 is 24.4 Å². The van der Waals surface area contributed by atoms with Gasteiger partial charge in [-0.15, -0.1) is 0 Å². The molecule has 0 spiro atoms. The van der Waals surface area contributed by atoms with Gasteiger partial charge in [0.25, 0.3) is 5.91 Å². The largest absolute Gasteiger partial charge is 0.497 e. The molecule has 9 heteroatoms.